The number of aryl methyl sites for hydroxylation is 3. The van der Waals surface area contributed by atoms with Crippen LogP contribution in [0, 0.1) is 32.1 Å². The predicted octanol–water partition coefficient (Wildman–Crippen LogP) is 8.90. The lowest BCUT2D eigenvalue weighted by molar-refractivity contribution is 0.161. The molecule has 0 bridgehead atoms. The summed E-state index contributed by atoms with van der Waals surface area (Å²) in [6.07, 6.45) is 2.42. The molecule has 1 heterocycles. The summed E-state index contributed by atoms with van der Waals surface area (Å²) < 4.78 is 0. The molecule has 212 valence electrons. The van der Waals surface area contributed by atoms with Crippen LogP contribution in [0.3, 0.4) is 0 Å². The summed E-state index contributed by atoms with van der Waals surface area (Å²) in [5, 5.41) is 8.82. The van der Waals surface area contributed by atoms with E-state index in [0.29, 0.717) is 23.7 Å². The normalized spacial score (nSPS) is 15.8. The van der Waals surface area contributed by atoms with E-state index in [2.05, 4.69) is 129 Å². The minimum Gasteiger partial charge on any atom is -0.362 e. The third-order valence-corrected chi connectivity index (χ3v) is 9.23. The van der Waals surface area contributed by atoms with Crippen molar-refractivity contribution in [2.45, 2.75) is 66.1 Å². The highest BCUT2D eigenvalue weighted by molar-refractivity contribution is 6.12. The van der Waals surface area contributed by atoms with Crippen LogP contribution >= 0.6 is 0 Å². The zero-order valence-electron chi connectivity index (χ0n) is 25.4. The van der Waals surface area contributed by atoms with Crippen LogP contribution in [0.15, 0.2) is 97.1 Å². The number of anilines is 1. The van der Waals surface area contributed by atoms with Gasteiger partial charge in [-0.05, 0) is 100 Å². The first-order chi connectivity index (χ1) is 19.8. The molecule has 0 aliphatic carbocycles. The summed E-state index contributed by atoms with van der Waals surface area (Å²) in [7, 11) is 0. The molecule has 1 aliphatic heterocycles. The lowest BCUT2D eigenvalue weighted by atomic mass is 9.87. The molecule has 2 atom stereocenters. The number of nitrogens with one attached hydrogen (secondary N) is 1. The topological polar surface area (TPSA) is 30.3 Å². The summed E-state index contributed by atoms with van der Waals surface area (Å²) in [6.45, 7) is 14.5. The molecule has 2 unspecified atom stereocenters. The highest BCUT2D eigenvalue weighted by atomic mass is 15.2. The molecule has 5 rings (SSSR count). The minimum absolute atomic E-state index is 0.310. The summed E-state index contributed by atoms with van der Waals surface area (Å²) in [4.78, 5) is 5.29. The number of nitrogens with zero attached hydrogens (tertiary/aromatic N) is 2. The third-order valence-electron chi connectivity index (χ3n) is 9.23. The second kappa shape index (κ2) is 12.9. The van der Waals surface area contributed by atoms with Gasteiger partial charge in [0.1, 0.15) is 0 Å². The standard InChI is InChI=1S/C38H45N3/c1-27-13-9-11-17-35(27)38(39)36-20-19-32(25-29(36)3)26-40-23-21-34(22-24-40)31(5)41(37-18-12-10-14-28(37)2)30(4)33-15-7-6-8-16-33/h6-20,25,30-31,34,39H,21-24,26H2,1-5H3. The molecular formula is C38H45N3. The second-order valence-electron chi connectivity index (χ2n) is 12.0. The zero-order valence-corrected chi connectivity index (χ0v) is 25.4. The van der Waals surface area contributed by atoms with E-state index in [0.717, 1.165) is 36.3 Å². The van der Waals surface area contributed by atoms with Gasteiger partial charge in [0.25, 0.3) is 0 Å². The molecule has 1 saturated heterocycles. The van der Waals surface area contributed by atoms with Crippen molar-refractivity contribution in [2.24, 2.45) is 5.92 Å². The molecule has 0 spiro atoms. The van der Waals surface area contributed by atoms with Gasteiger partial charge in [0, 0.05) is 29.4 Å². The molecule has 3 nitrogen and oxygen atoms in total. The van der Waals surface area contributed by atoms with E-state index in [-0.39, 0.29) is 0 Å². The number of rotatable bonds is 9. The summed E-state index contributed by atoms with van der Waals surface area (Å²) in [5.74, 6) is 0.649. The van der Waals surface area contributed by atoms with Crippen molar-refractivity contribution in [3.8, 4) is 0 Å². The maximum Gasteiger partial charge on any atom is 0.0689 e. The lowest BCUT2D eigenvalue weighted by Gasteiger charge is -2.44. The molecule has 1 aliphatic rings. The molecular weight excluding hydrogens is 498 g/mol. The molecule has 41 heavy (non-hydrogen) atoms. The van der Waals surface area contributed by atoms with Crippen LogP contribution in [0.4, 0.5) is 5.69 Å². The van der Waals surface area contributed by atoms with E-state index in [1.165, 1.54) is 40.8 Å². The SMILES string of the molecule is Cc1ccccc1C(=N)c1ccc(CN2CCC(C(C)N(c3ccccc3C)C(C)c3ccccc3)CC2)cc1C. The van der Waals surface area contributed by atoms with E-state index in [9.17, 15) is 0 Å². The third kappa shape index (κ3) is 6.47. The molecule has 0 amide bonds. The second-order valence-corrected chi connectivity index (χ2v) is 12.0. The van der Waals surface area contributed by atoms with Gasteiger partial charge in [-0.1, -0.05) is 91.0 Å². The van der Waals surface area contributed by atoms with E-state index >= 15 is 0 Å². The first kappa shape index (κ1) is 28.8. The number of benzene rings is 4. The molecule has 1 N–H and O–H groups in total. The number of para-hydroxylation sites is 1. The average molecular weight is 544 g/mol. The van der Waals surface area contributed by atoms with Gasteiger partial charge in [-0.3, -0.25) is 10.3 Å². The lowest BCUT2D eigenvalue weighted by Crippen LogP contribution is -2.45. The van der Waals surface area contributed by atoms with Crippen LogP contribution in [-0.4, -0.2) is 29.7 Å². The van der Waals surface area contributed by atoms with Gasteiger partial charge in [-0.15, -0.1) is 0 Å². The van der Waals surface area contributed by atoms with Crippen molar-refractivity contribution < 1.29 is 0 Å². The van der Waals surface area contributed by atoms with Crippen molar-refractivity contribution in [2.75, 3.05) is 18.0 Å². The molecule has 0 aromatic heterocycles. The van der Waals surface area contributed by atoms with Crippen LogP contribution < -0.4 is 4.90 Å². The molecule has 4 aromatic carbocycles. The fourth-order valence-corrected chi connectivity index (χ4v) is 6.71. The Hall–Kier alpha value is -3.69. The number of likely N-dealkylation sites (tertiary alicyclic amines) is 1. The monoisotopic (exact) mass is 543 g/mol. The van der Waals surface area contributed by atoms with E-state index in [1.807, 2.05) is 12.1 Å². The van der Waals surface area contributed by atoms with E-state index in [4.69, 9.17) is 5.41 Å². The Morgan fingerprint density at radius 3 is 2.02 bits per heavy atom. The van der Waals surface area contributed by atoms with Crippen LogP contribution in [-0.2, 0) is 6.54 Å². The summed E-state index contributed by atoms with van der Waals surface area (Å²) >= 11 is 0. The zero-order chi connectivity index (χ0) is 28.9. The fraction of sp³-hybridized carbons (Fsp3) is 0.342. The summed E-state index contributed by atoms with van der Waals surface area (Å²) in [6, 6.07) is 35.4. The number of hydrogen-bond donors (Lipinski definition) is 1. The molecule has 3 heteroatoms. The molecule has 0 radical (unpaired) electrons. The van der Waals surface area contributed by atoms with Crippen LogP contribution in [0.2, 0.25) is 0 Å². The first-order valence-corrected chi connectivity index (χ1v) is 15.2. The van der Waals surface area contributed by atoms with Crippen LogP contribution in [0.1, 0.15) is 71.7 Å². The fourth-order valence-electron chi connectivity index (χ4n) is 6.71. The Balaban J connectivity index is 1.25. The highest BCUT2D eigenvalue weighted by Crippen LogP contribution is 2.36. The highest BCUT2D eigenvalue weighted by Gasteiger charge is 2.31. The van der Waals surface area contributed by atoms with Gasteiger partial charge in [0.05, 0.1) is 11.8 Å². The van der Waals surface area contributed by atoms with Gasteiger partial charge in [-0.25, -0.2) is 0 Å². The maximum absolute atomic E-state index is 8.82. The Labute approximate surface area is 247 Å². The van der Waals surface area contributed by atoms with Crippen LogP contribution in [0.25, 0.3) is 0 Å². The Kier molecular flexibility index (Phi) is 9.05. The quantitative estimate of drug-likeness (QED) is 0.214. The van der Waals surface area contributed by atoms with Crippen molar-refractivity contribution in [1.82, 2.24) is 4.90 Å². The summed E-state index contributed by atoms with van der Waals surface area (Å²) in [5.41, 5.74) is 10.4. The van der Waals surface area contributed by atoms with Gasteiger partial charge in [-0.2, -0.15) is 0 Å². The van der Waals surface area contributed by atoms with Crippen LogP contribution in [0.5, 0.6) is 0 Å². The predicted molar refractivity (Wildman–Crippen MR) is 174 cm³/mol. The minimum atomic E-state index is 0.310. The Morgan fingerprint density at radius 1 is 0.756 bits per heavy atom. The van der Waals surface area contributed by atoms with Crippen molar-refractivity contribution in [3.63, 3.8) is 0 Å². The average Bonchev–Trinajstić information content (AvgIpc) is 2.99. The molecule has 1 fully saturated rings. The van der Waals surface area contributed by atoms with Gasteiger partial charge in [0.15, 0.2) is 0 Å². The Bertz CT molecular complexity index is 1470. The van der Waals surface area contributed by atoms with Crippen molar-refractivity contribution >= 4 is 11.4 Å². The number of piperidine rings is 1. The Morgan fingerprint density at radius 2 is 1.37 bits per heavy atom. The molecule has 0 saturated carbocycles. The van der Waals surface area contributed by atoms with Gasteiger partial charge < -0.3 is 4.90 Å². The largest absolute Gasteiger partial charge is 0.362 e. The maximum atomic E-state index is 8.82. The molecule has 4 aromatic rings. The van der Waals surface area contributed by atoms with Gasteiger partial charge in [0.2, 0.25) is 0 Å². The van der Waals surface area contributed by atoms with Gasteiger partial charge >= 0.3 is 0 Å². The number of hydrogen-bond acceptors (Lipinski definition) is 3. The smallest absolute Gasteiger partial charge is 0.0689 e. The first-order valence-electron chi connectivity index (χ1n) is 15.2. The van der Waals surface area contributed by atoms with Crippen molar-refractivity contribution in [1.29, 1.82) is 5.41 Å². The van der Waals surface area contributed by atoms with Crippen molar-refractivity contribution in [3.05, 3.63) is 136 Å². The van der Waals surface area contributed by atoms with E-state index < -0.39 is 0 Å². The van der Waals surface area contributed by atoms with E-state index in [1.54, 1.807) is 0 Å².